The van der Waals surface area contributed by atoms with Crippen molar-refractivity contribution in [3.05, 3.63) is 180 Å². The van der Waals surface area contributed by atoms with E-state index in [1.807, 2.05) is 0 Å². The van der Waals surface area contributed by atoms with Crippen molar-refractivity contribution in [1.82, 2.24) is 0 Å². The van der Waals surface area contributed by atoms with Gasteiger partial charge in [0, 0.05) is 46.8 Å². The summed E-state index contributed by atoms with van der Waals surface area (Å²) in [7, 11) is 0. The summed E-state index contributed by atoms with van der Waals surface area (Å²) in [6.07, 6.45) is -1.57. The first-order valence-electron chi connectivity index (χ1n) is 32.9. The standard InChI is InChI=1S/C51H35NO3/c1-51(2)38-16-6-3-14-35(38)48-39(51)17-10-18-40(48)52(42-20-9-15-34-32-12-4-8-22-44(32)55-50(34)42)41-19-11-23-47-49(41)37-29-31(25-27-46(37)54-47)30-24-26-45-36(28-30)33-13-5-7-21-43(33)53-45/h3-29,33,43H,1-2H3/i1D3,2D3,3D,4D,5D,6D,7D,8D,9D,10D,11D,12D,13D,14D,15D,16D,17D,18D,19D,20D,21D,22D,23D,24D,25D,26D,27D,28D,29D. The van der Waals surface area contributed by atoms with Crippen molar-refractivity contribution in [2.24, 2.45) is 0 Å². The van der Waals surface area contributed by atoms with Crippen LogP contribution in [0, 0.1) is 0 Å². The summed E-state index contributed by atoms with van der Waals surface area (Å²) in [5.74, 6) is -2.09. The smallest absolute Gasteiger partial charge is 0.159 e. The van der Waals surface area contributed by atoms with Gasteiger partial charge in [-0.2, -0.15) is 0 Å². The van der Waals surface area contributed by atoms with Gasteiger partial charge in [0.15, 0.2) is 5.58 Å². The molecule has 2 aliphatic carbocycles. The molecule has 2 aromatic heterocycles. The lowest BCUT2D eigenvalue weighted by atomic mass is 9.82. The summed E-state index contributed by atoms with van der Waals surface area (Å²) in [6.45, 7) is -8.08. The minimum absolute atomic E-state index is 0.406. The summed E-state index contributed by atoms with van der Waals surface area (Å²) < 4.78 is 321. The second-order valence-electron chi connectivity index (χ2n) is 12.6. The molecular weight excluding hydrogens is 675 g/mol. The fourth-order valence-corrected chi connectivity index (χ4v) is 7.21. The van der Waals surface area contributed by atoms with Crippen molar-refractivity contribution < 1.29 is 58.8 Å². The lowest BCUT2D eigenvalue weighted by Gasteiger charge is -2.29. The molecule has 0 radical (unpaired) electrons. The third kappa shape index (κ3) is 4.28. The zero-order valence-electron chi connectivity index (χ0n) is 60.3. The fraction of sp³-hybridized carbons (Fsp3) is 0.0980. The number of hydrogen-bond acceptors (Lipinski definition) is 4. The van der Waals surface area contributed by atoms with Crippen LogP contribution in [0.4, 0.5) is 17.1 Å². The van der Waals surface area contributed by atoms with E-state index in [2.05, 4.69) is 0 Å². The Bertz CT molecular complexity index is 4900. The molecule has 2 atom stereocenters. The number of furan rings is 2. The molecule has 0 fully saturated rings. The summed E-state index contributed by atoms with van der Waals surface area (Å²) in [4.78, 5) is 0.422. The van der Waals surface area contributed by atoms with E-state index in [1.54, 1.807) is 0 Å². The molecule has 4 nitrogen and oxygen atoms in total. The molecule has 262 valence electrons. The van der Waals surface area contributed by atoms with Crippen molar-refractivity contribution in [1.29, 1.82) is 0 Å². The van der Waals surface area contributed by atoms with Gasteiger partial charge in [0.25, 0.3) is 0 Å². The number of allylic oxidation sites excluding steroid dienone is 2. The molecule has 0 saturated carbocycles. The Kier molecular flexibility index (Phi) is 2.56. The van der Waals surface area contributed by atoms with Crippen molar-refractivity contribution in [2.45, 2.75) is 31.1 Å². The van der Waals surface area contributed by atoms with Gasteiger partial charge in [-0.15, -0.1) is 0 Å². The minimum atomic E-state index is -4.04. The van der Waals surface area contributed by atoms with E-state index in [0.717, 1.165) is 0 Å². The third-order valence-electron chi connectivity index (χ3n) is 9.60. The van der Waals surface area contributed by atoms with Gasteiger partial charge in [0.2, 0.25) is 0 Å². The van der Waals surface area contributed by atoms with E-state index in [1.165, 1.54) is 0 Å². The number of nitrogens with zero attached hydrogens (tertiary/aromatic N) is 1. The van der Waals surface area contributed by atoms with Gasteiger partial charge in [-0.25, -0.2) is 0 Å². The molecule has 0 bridgehead atoms. The lowest BCUT2D eigenvalue weighted by molar-refractivity contribution is 0.269. The first-order chi connectivity index (χ1) is 40.8. The van der Waals surface area contributed by atoms with Crippen LogP contribution < -0.4 is 9.64 Å². The molecule has 0 amide bonds. The average Bonchev–Trinajstić information content (AvgIpc) is 1.48. The third-order valence-corrected chi connectivity index (χ3v) is 9.60. The summed E-state index contributed by atoms with van der Waals surface area (Å²) in [5, 5.41) is -3.09. The van der Waals surface area contributed by atoms with Crippen LogP contribution in [0.15, 0.2) is 172 Å². The van der Waals surface area contributed by atoms with Gasteiger partial charge < -0.3 is 18.5 Å². The highest BCUT2D eigenvalue weighted by Crippen LogP contribution is 2.56. The highest BCUT2D eigenvalue weighted by Gasteiger charge is 2.38. The Balaban J connectivity index is 1.36. The monoisotopic (exact) mass is 742 g/mol. The summed E-state index contributed by atoms with van der Waals surface area (Å²) in [5.41, 5.74) is -17.7. The Morgan fingerprint density at radius 1 is 0.600 bits per heavy atom. The van der Waals surface area contributed by atoms with Crippen LogP contribution >= 0.6 is 0 Å². The predicted octanol–water partition coefficient (Wildman–Crippen LogP) is 13.9. The molecule has 0 spiro atoms. The maximum absolute atomic E-state index is 10.1. The minimum Gasteiger partial charge on any atom is -0.485 e. The molecule has 0 saturated heterocycles. The number of benzene rings is 7. The quantitative estimate of drug-likeness (QED) is 0.180. The number of hydrogen-bond donors (Lipinski definition) is 0. The molecular formula is C51H35NO3. The molecule has 55 heavy (non-hydrogen) atoms. The number of ether oxygens (including phenoxy) is 1. The summed E-state index contributed by atoms with van der Waals surface area (Å²) >= 11 is 0. The zero-order chi connectivity index (χ0) is 64.9. The van der Waals surface area contributed by atoms with Crippen LogP contribution in [0.2, 0.25) is 0 Å². The number of rotatable bonds is 4. The first-order valence-corrected chi connectivity index (χ1v) is 16.4. The topological polar surface area (TPSA) is 38.8 Å². The molecule has 1 aliphatic heterocycles. The van der Waals surface area contributed by atoms with Crippen molar-refractivity contribution in [3.8, 4) is 28.0 Å². The molecule has 2 unspecified atom stereocenters. The van der Waals surface area contributed by atoms with Crippen LogP contribution in [-0.4, -0.2) is 6.10 Å². The van der Waals surface area contributed by atoms with Crippen LogP contribution in [0.25, 0.3) is 66.1 Å². The van der Waals surface area contributed by atoms with Crippen LogP contribution in [0.5, 0.6) is 5.75 Å². The van der Waals surface area contributed by atoms with Gasteiger partial charge in [-0.1, -0.05) is 116 Å². The maximum Gasteiger partial charge on any atom is 0.159 e. The molecule has 9 aromatic rings. The van der Waals surface area contributed by atoms with Gasteiger partial charge in [0.1, 0.15) is 28.6 Å². The van der Waals surface area contributed by atoms with E-state index in [0.29, 0.717) is 4.90 Å². The first kappa shape index (κ1) is 12.6. The van der Waals surface area contributed by atoms with Crippen LogP contribution in [-0.2, 0) is 5.41 Å². The Morgan fingerprint density at radius 3 is 2.29 bits per heavy atom. The fourth-order valence-electron chi connectivity index (χ4n) is 7.21. The van der Waals surface area contributed by atoms with Gasteiger partial charge in [0.05, 0.1) is 59.5 Å². The van der Waals surface area contributed by atoms with E-state index >= 15 is 0 Å². The van der Waals surface area contributed by atoms with Gasteiger partial charge >= 0.3 is 0 Å². The normalized spacial score (nSPS) is 27.1. The van der Waals surface area contributed by atoms with E-state index < -0.39 is 300 Å². The van der Waals surface area contributed by atoms with Crippen molar-refractivity contribution in [2.75, 3.05) is 4.90 Å². The van der Waals surface area contributed by atoms with E-state index in [9.17, 15) is 21.9 Å². The predicted molar refractivity (Wildman–Crippen MR) is 224 cm³/mol. The molecule has 0 N–H and O–H groups in total. The number of anilines is 3. The molecule has 3 aliphatic rings. The molecule has 7 aromatic carbocycles. The zero-order valence-corrected chi connectivity index (χ0v) is 27.3. The second-order valence-corrected chi connectivity index (χ2v) is 12.6. The Labute approximate surface area is 364 Å². The Hall–Kier alpha value is -6.78. The van der Waals surface area contributed by atoms with Gasteiger partial charge in [-0.05, 0) is 88.3 Å². The molecule has 4 heteroatoms. The number of para-hydroxylation sites is 2. The van der Waals surface area contributed by atoms with E-state index in [4.69, 9.17) is 36.9 Å². The lowest BCUT2D eigenvalue weighted by Crippen LogP contribution is -2.16. The molecule has 3 heterocycles. The van der Waals surface area contributed by atoms with Crippen molar-refractivity contribution in [3.63, 3.8) is 0 Å². The SMILES string of the molecule is [2H]C1=C([2H])C2Oc3c([2H])c([2H])c(-c4c([2H])c([2H])c5oc6c([2H])c([2H])c([2H])c(N(c7c([2H])c([2H])c([2H])c8c7-c7c([2H])c([2H])c([2H])c([2H])c7C8(C([2H])([2H])[2H])C([2H])([2H])[2H])c7c([2H])c([2H])c([2H])c8c7oc7c([2H])c([2H])c([2H])c([2H])c78)c6c5c4[2H])c([2H])c3C2C([2H])=C1[2H]. The highest BCUT2D eigenvalue weighted by molar-refractivity contribution is 6.17. The second kappa shape index (κ2) is 11.1. The molecule has 12 rings (SSSR count). The van der Waals surface area contributed by atoms with Crippen LogP contribution in [0.1, 0.15) is 81.5 Å². The largest absolute Gasteiger partial charge is 0.485 e. The summed E-state index contributed by atoms with van der Waals surface area (Å²) in [6, 6.07) is -28.4. The van der Waals surface area contributed by atoms with Crippen LogP contribution in [0.3, 0.4) is 0 Å². The van der Waals surface area contributed by atoms with Crippen molar-refractivity contribution >= 4 is 60.9 Å². The maximum atomic E-state index is 10.1. The van der Waals surface area contributed by atoms with Gasteiger partial charge in [-0.3, -0.25) is 0 Å². The average molecular weight is 743 g/mol. The Morgan fingerprint density at radius 2 is 1.33 bits per heavy atom. The highest BCUT2D eigenvalue weighted by atomic mass is 16.5. The number of fused-ring (bicyclic) bond motifs is 12. The van der Waals surface area contributed by atoms with E-state index in [-0.39, 0.29) is 0 Å².